The highest BCUT2D eigenvalue weighted by molar-refractivity contribution is 5.88. The van der Waals surface area contributed by atoms with Gasteiger partial charge in [0, 0.05) is 6.42 Å². The number of aromatic hydroxyl groups is 10. The van der Waals surface area contributed by atoms with Gasteiger partial charge in [-0.3, -0.25) is 14.9 Å². The molecular weight excluding hydrogens is 1070 g/mol. The topological polar surface area (TPSA) is 713 Å². The maximum atomic E-state index is 14.4. The summed E-state index contributed by atoms with van der Waals surface area (Å²) in [6.45, 7) is 2.48. The standard InChI is InChI=1S/C38H49N3O36/c1-8-4-3-5-9(2)25(8)75-35(67,68)12(43)7-30(56,32(59,60)14-17(46)21(50)24(53)22(51)18(14)47)11(42)6-10(31(57,58)13-15(44)19(48)23(52)20(49)16(13)45)39-26(54)27(76-77-28(33(61,62)63)34(64,65)66)41-29(55)40-37(71,72)36(69,70)38(41,73)74/h3-5,10-11,27-28,42,44-53,56-74H,6-7H2,1-2H3,(H,39,54)(H,40,55). The summed E-state index contributed by atoms with van der Waals surface area (Å²) in [7, 11) is 0. The Morgan fingerprint density at radius 1 is 0.636 bits per heavy atom. The minimum absolute atomic E-state index is 0.00449. The summed E-state index contributed by atoms with van der Waals surface area (Å²) >= 11 is 0. The number of para-hydroxylation sites is 1. The van der Waals surface area contributed by atoms with E-state index in [1.807, 2.05) is 0 Å². The maximum absolute atomic E-state index is 14.4. The maximum Gasteiger partial charge on any atom is 0.386 e. The van der Waals surface area contributed by atoms with E-state index in [1.165, 1.54) is 32.0 Å². The van der Waals surface area contributed by atoms with Gasteiger partial charge in [-0.15, -0.1) is 0 Å². The number of nitrogens with zero attached hydrogens (tertiary/aromatic N) is 1. The van der Waals surface area contributed by atoms with Crippen molar-refractivity contribution in [3.8, 4) is 63.2 Å². The van der Waals surface area contributed by atoms with Crippen molar-refractivity contribution in [2.75, 3.05) is 0 Å². The number of carbonyl (C=O) groups excluding carboxylic acids is 3. The number of aryl methyl sites for hydroxylation is 2. The Balaban J connectivity index is 2.10. The average molecular weight is 1120 g/mol. The van der Waals surface area contributed by atoms with Crippen LogP contribution in [0.1, 0.15) is 35.1 Å². The van der Waals surface area contributed by atoms with E-state index in [9.17, 15) is 168 Å². The summed E-state index contributed by atoms with van der Waals surface area (Å²) < 4.78 is 4.96. The van der Waals surface area contributed by atoms with Gasteiger partial charge in [-0.25, -0.2) is 14.6 Å². The minimum atomic E-state index is -5.29. The van der Waals surface area contributed by atoms with Gasteiger partial charge in [-0.1, -0.05) is 18.2 Å². The fraction of sp³-hybridized carbons (Fsp3) is 0.447. The number of amides is 3. The van der Waals surface area contributed by atoms with Crippen LogP contribution in [0.3, 0.4) is 0 Å². The number of hydrogen-bond acceptors (Lipinski definition) is 36. The molecule has 0 spiro atoms. The lowest BCUT2D eigenvalue weighted by Gasteiger charge is -2.52. The van der Waals surface area contributed by atoms with Crippen molar-refractivity contribution >= 4 is 17.7 Å². The molecule has 32 N–H and O–H groups in total. The van der Waals surface area contributed by atoms with Crippen LogP contribution in [0.25, 0.3) is 0 Å². The molecule has 3 aromatic carbocycles. The zero-order chi connectivity index (χ0) is 59.9. The summed E-state index contributed by atoms with van der Waals surface area (Å²) in [5.41, 5.74) is -9.50. The normalized spacial score (nSPS) is 18.0. The lowest BCUT2D eigenvalue weighted by Crippen LogP contribution is -2.86. The third-order valence-corrected chi connectivity index (χ3v) is 11.5. The second kappa shape index (κ2) is 20.1. The van der Waals surface area contributed by atoms with Crippen LogP contribution >= 0.6 is 0 Å². The number of benzene rings is 3. The molecule has 4 unspecified atom stereocenters. The second-order valence-corrected chi connectivity index (χ2v) is 17.0. The molecule has 1 heterocycles. The molecule has 0 aromatic heterocycles. The molecule has 4 atom stereocenters. The van der Waals surface area contributed by atoms with Crippen LogP contribution in [-0.2, 0) is 30.9 Å². The zero-order valence-electron chi connectivity index (χ0n) is 38.3. The molecule has 0 radical (unpaired) electrons. The number of nitrogens with one attached hydrogen (secondary N) is 2. The van der Waals surface area contributed by atoms with Crippen molar-refractivity contribution in [2.45, 2.75) is 104 Å². The summed E-state index contributed by atoms with van der Waals surface area (Å²) in [4.78, 5) is 48.2. The quantitative estimate of drug-likeness (QED) is 0.0164. The first-order chi connectivity index (χ1) is 34.5. The highest BCUT2D eigenvalue weighted by Gasteiger charge is 2.73. The molecule has 77 heavy (non-hydrogen) atoms. The van der Waals surface area contributed by atoms with E-state index in [0.717, 1.165) is 10.6 Å². The van der Waals surface area contributed by atoms with Crippen LogP contribution in [0.2, 0.25) is 0 Å². The summed E-state index contributed by atoms with van der Waals surface area (Å²) in [5, 5.41) is 318. The van der Waals surface area contributed by atoms with E-state index >= 15 is 0 Å². The van der Waals surface area contributed by atoms with Crippen LogP contribution in [-0.4, -0.2) is 241 Å². The predicted octanol–water partition coefficient (Wildman–Crippen LogP) is -12.1. The Hall–Kier alpha value is -7.01. The van der Waals surface area contributed by atoms with Crippen molar-refractivity contribution in [1.29, 1.82) is 0 Å². The molecule has 0 bridgehead atoms. The first-order valence-corrected chi connectivity index (χ1v) is 20.4. The number of hydrogen-bond donors (Lipinski definition) is 32. The van der Waals surface area contributed by atoms with Gasteiger partial charge in [-0.05, 0) is 25.0 Å². The number of aliphatic hydroxyl groups excluding tert-OH is 1. The summed E-state index contributed by atoms with van der Waals surface area (Å²) in [5.74, 6) is -66.5. The van der Waals surface area contributed by atoms with Crippen LogP contribution in [0.5, 0.6) is 63.2 Å². The van der Waals surface area contributed by atoms with Crippen LogP contribution in [0.4, 0.5) is 4.79 Å². The molecular formula is C38H49N3O36. The van der Waals surface area contributed by atoms with Gasteiger partial charge >= 0.3 is 41.6 Å². The number of urea groups is 1. The molecule has 1 saturated heterocycles. The van der Waals surface area contributed by atoms with E-state index in [2.05, 4.69) is 9.78 Å². The zero-order valence-corrected chi connectivity index (χ0v) is 38.3. The van der Waals surface area contributed by atoms with Gasteiger partial charge < -0.3 is 163 Å². The third kappa shape index (κ3) is 10.7. The highest BCUT2D eigenvalue weighted by atomic mass is 17.2. The number of phenols is 10. The predicted molar refractivity (Wildman–Crippen MR) is 223 cm³/mol. The minimum Gasteiger partial charge on any atom is -0.504 e. The van der Waals surface area contributed by atoms with Gasteiger partial charge in [0.05, 0.1) is 18.6 Å². The Kier molecular flexibility index (Phi) is 16.3. The van der Waals surface area contributed by atoms with Crippen LogP contribution in [0, 0.1) is 13.8 Å². The Morgan fingerprint density at radius 2 is 1.04 bits per heavy atom. The lowest BCUT2D eigenvalue weighted by molar-refractivity contribution is -0.536. The Bertz CT molecular complexity index is 2690. The van der Waals surface area contributed by atoms with E-state index in [-0.39, 0.29) is 11.1 Å². The largest absolute Gasteiger partial charge is 0.504 e. The fourth-order valence-corrected chi connectivity index (χ4v) is 7.23. The molecule has 4 rings (SSSR count). The van der Waals surface area contributed by atoms with E-state index in [0.29, 0.717) is 0 Å². The molecule has 0 saturated carbocycles. The number of ketones is 1. The van der Waals surface area contributed by atoms with Crippen molar-refractivity contribution in [3.05, 3.63) is 40.5 Å². The average Bonchev–Trinajstić information content (AvgIpc) is 3.27. The monoisotopic (exact) mass is 1120 g/mol. The fourth-order valence-electron chi connectivity index (χ4n) is 7.23. The smallest absolute Gasteiger partial charge is 0.386 e. The molecule has 432 valence electrons. The molecule has 3 amide bonds. The number of phenolic OH excluding ortho intramolecular Hbond substituents is 10. The van der Waals surface area contributed by atoms with Crippen molar-refractivity contribution in [2.24, 2.45) is 0 Å². The van der Waals surface area contributed by atoms with Gasteiger partial charge in [0.15, 0.2) is 28.6 Å². The van der Waals surface area contributed by atoms with Crippen LogP contribution in [0.15, 0.2) is 18.2 Å². The number of carbonyl (C=O) groups is 3. The molecule has 3 aromatic rings. The second-order valence-electron chi connectivity index (χ2n) is 17.0. The van der Waals surface area contributed by atoms with Crippen LogP contribution < -0.4 is 15.4 Å². The first kappa shape index (κ1) is 62.5. The Morgan fingerprint density at radius 3 is 1.45 bits per heavy atom. The molecule has 1 fully saturated rings. The molecule has 0 aliphatic carbocycles. The highest BCUT2D eigenvalue weighted by Crippen LogP contribution is 2.58. The summed E-state index contributed by atoms with van der Waals surface area (Å²) in [6, 6.07) is -2.65. The molecule has 39 nitrogen and oxygen atoms in total. The van der Waals surface area contributed by atoms with E-state index in [4.69, 9.17) is 4.74 Å². The molecule has 39 heteroatoms. The third-order valence-electron chi connectivity index (χ3n) is 11.5. The van der Waals surface area contributed by atoms with E-state index < -0.39 is 187 Å². The van der Waals surface area contributed by atoms with Gasteiger partial charge in [-0.2, -0.15) is 4.89 Å². The number of Topliss-reactive ketones (excluding diaryl/α,β-unsaturated/α-hetero) is 1. The summed E-state index contributed by atoms with van der Waals surface area (Å²) in [6.07, 6.45) is -17.3. The Labute approximate surface area is 422 Å². The number of rotatable bonds is 20. The first-order valence-electron chi connectivity index (χ1n) is 20.4. The van der Waals surface area contributed by atoms with Gasteiger partial charge in [0.25, 0.3) is 18.2 Å². The van der Waals surface area contributed by atoms with Gasteiger partial charge in [0.1, 0.15) is 16.9 Å². The SMILES string of the molecule is Cc1cccc(C)c1OC(O)(O)C(=O)CC(O)(C(O)CC(NC(=O)C(OOC(C(O)(O)O)C(O)(O)O)N1C(=O)NC(O)(O)C(O)(O)C1(O)O)C(O)(O)c1c(O)c(O)c(O)c(O)c1O)C(O)(O)c1c(O)c(O)c(O)c(O)c1O. The van der Waals surface area contributed by atoms with Gasteiger partial charge in [0.2, 0.25) is 51.9 Å². The van der Waals surface area contributed by atoms with Crippen molar-refractivity contribution in [3.63, 3.8) is 0 Å². The lowest BCUT2D eigenvalue weighted by atomic mass is 9.75. The molecule has 1 aliphatic rings. The molecule has 1 aliphatic heterocycles. The number of aliphatic hydroxyl groups is 20. The number of ether oxygens (including phenoxy) is 1. The van der Waals surface area contributed by atoms with Crippen molar-refractivity contribution < 1.29 is 182 Å². The van der Waals surface area contributed by atoms with E-state index in [1.54, 1.807) is 0 Å². The van der Waals surface area contributed by atoms with Crippen molar-refractivity contribution in [1.82, 2.24) is 15.5 Å².